The van der Waals surface area contributed by atoms with Crippen LogP contribution in [0, 0.1) is 5.92 Å². The minimum atomic E-state index is -0.681. The van der Waals surface area contributed by atoms with E-state index in [4.69, 9.17) is 0 Å². The van der Waals surface area contributed by atoms with Gasteiger partial charge in [0, 0.05) is 42.1 Å². The van der Waals surface area contributed by atoms with Crippen LogP contribution in [-0.2, 0) is 11.2 Å². The van der Waals surface area contributed by atoms with E-state index < -0.39 is 5.97 Å². The summed E-state index contributed by atoms with van der Waals surface area (Å²) in [5.74, 6) is -0.682. The van der Waals surface area contributed by atoms with Crippen molar-refractivity contribution in [3.05, 3.63) is 48.2 Å². The molecule has 4 heteroatoms. The summed E-state index contributed by atoms with van der Waals surface area (Å²) in [5.41, 5.74) is 3.83. The first-order valence-corrected chi connectivity index (χ1v) is 7.85. The van der Waals surface area contributed by atoms with Crippen molar-refractivity contribution in [2.75, 3.05) is 13.1 Å². The highest BCUT2D eigenvalue weighted by molar-refractivity contribution is 5.88. The summed E-state index contributed by atoms with van der Waals surface area (Å²) in [7, 11) is 0. The number of rotatable bonds is 3. The van der Waals surface area contributed by atoms with E-state index in [0.717, 1.165) is 19.4 Å². The van der Waals surface area contributed by atoms with Crippen LogP contribution in [0.5, 0.6) is 0 Å². The highest BCUT2D eigenvalue weighted by Crippen LogP contribution is 2.44. The third-order valence-electron chi connectivity index (χ3n) is 5.29. The predicted molar refractivity (Wildman–Crippen MR) is 86.0 cm³/mol. The van der Waals surface area contributed by atoms with Crippen LogP contribution < -0.4 is 0 Å². The Morgan fingerprint density at radius 3 is 3.14 bits per heavy atom. The van der Waals surface area contributed by atoms with Crippen molar-refractivity contribution in [3.63, 3.8) is 0 Å². The number of piperidine rings is 1. The Bertz CT molecular complexity index is 749. The Morgan fingerprint density at radius 2 is 2.36 bits per heavy atom. The summed E-state index contributed by atoms with van der Waals surface area (Å²) >= 11 is 0. The molecule has 114 valence electrons. The van der Waals surface area contributed by atoms with Crippen molar-refractivity contribution < 1.29 is 9.90 Å². The molecule has 0 spiro atoms. The van der Waals surface area contributed by atoms with Crippen LogP contribution in [0.25, 0.3) is 10.9 Å². The number of aromatic nitrogens is 1. The second-order valence-electron chi connectivity index (χ2n) is 6.48. The molecular weight excluding hydrogens is 276 g/mol. The van der Waals surface area contributed by atoms with Gasteiger partial charge in [0.05, 0.1) is 5.92 Å². The van der Waals surface area contributed by atoms with Gasteiger partial charge >= 0.3 is 5.97 Å². The lowest BCUT2D eigenvalue weighted by molar-refractivity contribution is -0.144. The third-order valence-corrected chi connectivity index (χ3v) is 5.29. The maximum absolute atomic E-state index is 11.6. The monoisotopic (exact) mass is 296 g/mol. The lowest BCUT2D eigenvalue weighted by atomic mass is 9.72. The van der Waals surface area contributed by atoms with Crippen LogP contribution >= 0.6 is 0 Å². The summed E-state index contributed by atoms with van der Waals surface area (Å²) in [6, 6.07) is 6.72. The molecule has 0 amide bonds. The fourth-order valence-electron chi connectivity index (χ4n) is 4.35. The Hall–Kier alpha value is -2.07. The van der Waals surface area contributed by atoms with E-state index in [1.807, 2.05) is 6.08 Å². The van der Waals surface area contributed by atoms with E-state index in [0.29, 0.717) is 18.5 Å². The largest absolute Gasteiger partial charge is 0.481 e. The Balaban J connectivity index is 1.82. The Morgan fingerprint density at radius 1 is 1.50 bits per heavy atom. The maximum Gasteiger partial charge on any atom is 0.307 e. The number of carboxylic acid groups (broad SMARTS) is 1. The molecule has 0 radical (unpaired) electrons. The highest BCUT2D eigenvalue weighted by Gasteiger charge is 2.42. The van der Waals surface area contributed by atoms with Crippen LogP contribution in [-0.4, -0.2) is 40.1 Å². The van der Waals surface area contributed by atoms with E-state index in [-0.39, 0.29) is 5.92 Å². The summed E-state index contributed by atoms with van der Waals surface area (Å²) in [6.45, 7) is 5.21. The predicted octanol–water partition coefficient (Wildman–Crippen LogP) is 2.77. The second-order valence-corrected chi connectivity index (χ2v) is 6.48. The minimum Gasteiger partial charge on any atom is -0.481 e. The molecule has 1 saturated heterocycles. The molecule has 1 aromatic heterocycles. The lowest BCUT2D eigenvalue weighted by Crippen LogP contribution is -2.51. The molecule has 1 aliphatic carbocycles. The van der Waals surface area contributed by atoms with Crippen LogP contribution in [0.2, 0.25) is 0 Å². The number of likely N-dealkylation sites (tertiary alicyclic amines) is 1. The fourth-order valence-corrected chi connectivity index (χ4v) is 4.35. The van der Waals surface area contributed by atoms with Crippen LogP contribution in [0.1, 0.15) is 23.5 Å². The van der Waals surface area contributed by atoms with Crippen molar-refractivity contribution in [1.29, 1.82) is 0 Å². The van der Waals surface area contributed by atoms with Crippen LogP contribution in [0.4, 0.5) is 0 Å². The zero-order valence-electron chi connectivity index (χ0n) is 12.5. The normalized spacial score (nSPS) is 27.5. The van der Waals surface area contributed by atoms with Gasteiger partial charge in [-0.1, -0.05) is 18.2 Å². The van der Waals surface area contributed by atoms with Crippen molar-refractivity contribution in [1.82, 2.24) is 9.88 Å². The average Bonchev–Trinajstić information content (AvgIpc) is 2.93. The van der Waals surface area contributed by atoms with E-state index in [2.05, 4.69) is 40.9 Å². The highest BCUT2D eigenvalue weighted by atomic mass is 16.4. The zero-order chi connectivity index (χ0) is 15.3. The number of H-pyrrole nitrogens is 1. The number of nitrogens with zero attached hydrogens (tertiary/aromatic N) is 1. The van der Waals surface area contributed by atoms with Gasteiger partial charge in [-0.3, -0.25) is 9.69 Å². The minimum absolute atomic E-state index is 0.293. The van der Waals surface area contributed by atoms with Gasteiger partial charge < -0.3 is 10.1 Å². The number of fused-ring (bicyclic) bond motifs is 2. The number of aromatic amines is 1. The van der Waals surface area contributed by atoms with Gasteiger partial charge in [0.1, 0.15) is 0 Å². The second kappa shape index (κ2) is 4.99. The molecule has 2 heterocycles. The molecule has 0 bridgehead atoms. The quantitative estimate of drug-likeness (QED) is 0.856. The molecule has 2 aliphatic rings. The maximum atomic E-state index is 11.6. The number of carboxylic acids is 1. The topological polar surface area (TPSA) is 56.3 Å². The first kappa shape index (κ1) is 13.6. The summed E-state index contributed by atoms with van der Waals surface area (Å²) in [6.07, 6.45) is 5.72. The van der Waals surface area contributed by atoms with Gasteiger partial charge in [0.2, 0.25) is 0 Å². The number of hydrogen-bond donors (Lipinski definition) is 2. The SMILES string of the molecule is C=CCN1C[C@H](C(=O)O)CC2c3cccc4[nH]cc(c34)C[C@H]21. The Kier molecular flexibility index (Phi) is 3.08. The van der Waals surface area contributed by atoms with Gasteiger partial charge in [0.25, 0.3) is 0 Å². The van der Waals surface area contributed by atoms with E-state index in [9.17, 15) is 9.90 Å². The molecule has 2 aromatic rings. The molecule has 0 saturated carbocycles. The molecular formula is C18H20N2O2. The van der Waals surface area contributed by atoms with E-state index in [1.165, 1.54) is 22.0 Å². The Labute approximate surface area is 129 Å². The first-order valence-electron chi connectivity index (χ1n) is 7.85. The molecule has 22 heavy (non-hydrogen) atoms. The molecule has 3 atom stereocenters. The standard InChI is InChI=1S/C18H20N2O2/c1-2-6-20-10-12(18(21)22)7-14-13-4-3-5-15-17(13)11(9-19-15)8-16(14)20/h2-5,9,12,14,16,19H,1,6-8,10H2,(H,21,22)/t12-,14?,16-/m1/s1. The van der Waals surface area contributed by atoms with Crippen LogP contribution in [0.15, 0.2) is 37.1 Å². The van der Waals surface area contributed by atoms with Crippen molar-refractivity contribution in [2.45, 2.75) is 24.8 Å². The molecule has 4 rings (SSSR count). The van der Waals surface area contributed by atoms with Gasteiger partial charge in [0.15, 0.2) is 0 Å². The van der Waals surface area contributed by atoms with Gasteiger partial charge in [-0.05, 0) is 30.0 Å². The molecule has 1 unspecified atom stereocenters. The molecule has 1 aromatic carbocycles. The fraction of sp³-hybridized carbons (Fsp3) is 0.389. The third kappa shape index (κ3) is 1.91. The molecule has 4 nitrogen and oxygen atoms in total. The van der Waals surface area contributed by atoms with Crippen molar-refractivity contribution >= 4 is 16.9 Å². The summed E-state index contributed by atoms with van der Waals surface area (Å²) in [5, 5.41) is 10.8. The number of nitrogens with one attached hydrogen (secondary N) is 1. The first-order chi connectivity index (χ1) is 10.7. The molecule has 2 N–H and O–H groups in total. The van der Waals surface area contributed by atoms with Crippen molar-refractivity contribution in [3.8, 4) is 0 Å². The van der Waals surface area contributed by atoms with Gasteiger partial charge in [-0.15, -0.1) is 6.58 Å². The van der Waals surface area contributed by atoms with E-state index >= 15 is 0 Å². The van der Waals surface area contributed by atoms with Crippen LogP contribution in [0.3, 0.4) is 0 Å². The smallest absolute Gasteiger partial charge is 0.307 e. The number of benzene rings is 1. The summed E-state index contributed by atoms with van der Waals surface area (Å²) in [4.78, 5) is 17.2. The van der Waals surface area contributed by atoms with Crippen molar-refractivity contribution in [2.24, 2.45) is 5.92 Å². The number of hydrogen-bond acceptors (Lipinski definition) is 2. The number of aliphatic carboxylic acids is 1. The molecule has 1 fully saturated rings. The number of carbonyl (C=O) groups is 1. The van der Waals surface area contributed by atoms with Gasteiger partial charge in [-0.2, -0.15) is 0 Å². The van der Waals surface area contributed by atoms with E-state index in [1.54, 1.807) is 0 Å². The average molecular weight is 296 g/mol. The molecule has 1 aliphatic heterocycles. The van der Waals surface area contributed by atoms with Gasteiger partial charge in [-0.25, -0.2) is 0 Å². The lowest BCUT2D eigenvalue weighted by Gasteiger charge is -2.45. The zero-order valence-corrected chi connectivity index (χ0v) is 12.5. The summed E-state index contributed by atoms with van der Waals surface area (Å²) < 4.78 is 0.